The normalized spacial score (nSPS) is 27.1. The van der Waals surface area contributed by atoms with Crippen LogP contribution >= 0.6 is 11.3 Å². The maximum absolute atomic E-state index is 14.9. The summed E-state index contributed by atoms with van der Waals surface area (Å²) < 4.78 is 21.7. The van der Waals surface area contributed by atoms with Crippen LogP contribution in [-0.2, 0) is 23.2 Å². The Morgan fingerprint density at radius 3 is 2.12 bits per heavy atom. The van der Waals surface area contributed by atoms with Crippen molar-refractivity contribution in [2.24, 2.45) is 17.3 Å². The van der Waals surface area contributed by atoms with Crippen LogP contribution < -0.4 is 0 Å². The molecular formula is C40H67NO5SSi2. The topological polar surface area (TPSA) is 74.7 Å². The van der Waals surface area contributed by atoms with E-state index in [1.807, 2.05) is 27.7 Å². The molecule has 2 aromatic rings. The van der Waals surface area contributed by atoms with Crippen molar-refractivity contribution in [3.05, 3.63) is 40.4 Å². The summed E-state index contributed by atoms with van der Waals surface area (Å²) in [6.07, 6.45) is 4.38. The van der Waals surface area contributed by atoms with Gasteiger partial charge in [0, 0.05) is 17.8 Å². The van der Waals surface area contributed by atoms with Crippen molar-refractivity contribution >= 4 is 49.9 Å². The monoisotopic (exact) mass is 729 g/mol. The van der Waals surface area contributed by atoms with Gasteiger partial charge in [-0.2, -0.15) is 0 Å². The third kappa shape index (κ3) is 10.2. The molecule has 1 aliphatic rings. The number of hydrogen-bond acceptors (Lipinski definition) is 7. The molecule has 2 heterocycles. The zero-order valence-corrected chi connectivity index (χ0v) is 36.4. The average Bonchev–Trinajstić information content (AvgIpc) is 3.34. The van der Waals surface area contributed by atoms with Crippen LogP contribution in [-0.4, -0.2) is 45.6 Å². The van der Waals surface area contributed by atoms with Gasteiger partial charge in [-0.05, 0) is 93.0 Å². The lowest BCUT2D eigenvalue weighted by Crippen LogP contribution is -2.54. The van der Waals surface area contributed by atoms with Gasteiger partial charge in [-0.1, -0.05) is 87.0 Å². The van der Waals surface area contributed by atoms with Gasteiger partial charge in [-0.3, -0.25) is 9.59 Å². The first-order valence-corrected chi connectivity index (χ1v) is 25.0. The Hall–Kier alpha value is -1.66. The smallest absolute Gasteiger partial charge is 0.309 e. The molecule has 1 aliphatic heterocycles. The van der Waals surface area contributed by atoms with Crippen LogP contribution in [0.5, 0.6) is 0 Å². The first kappa shape index (κ1) is 41.8. The summed E-state index contributed by atoms with van der Waals surface area (Å²) in [6.45, 7) is 34.7. The van der Waals surface area contributed by atoms with E-state index >= 15 is 0 Å². The number of carbonyl (C=O) groups excluding carboxylic acids is 2. The van der Waals surface area contributed by atoms with Gasteiger partial charge in [0.25, 0.3) is 0 Å². The number of hydrogen-bond donors (Lipinski definition) is 0. The number of fused-ring (bicyclic) bond motifs is 1. The summed E-state index contributed by atoms with van der Waals surface area (Å²) in [7, 11) is -4.60. The third-order valence-electron chi connectivity index (χ3n) is 11.8. The van der Waals surface area contributed by atoms with Gasteiger partial charge in [-0.25, -0.2) is 4.98 Å². The minimum Gasteiger partial charge on any atom is -0.457 e. The Labute approximate surface area is 304 Å². The quantitative estimate of drug-likeness (QED) is 0.173. The highest BCUT2D eigenvalue weighted by Gasteiger charge is 2.50. The number of thiazole rings is 1. The zero-order valence-electron chi connectivity index (χ0n) is 33.6. The highest BCUT2D eigenvalue weighted by Crippen LogP contribution is 2.44. The van der Waals surface area contributed by atoms with Gasteiger partial charge in [0.2, 0.25) is 0 Å². The summed E-state index contributed by atoms with van der Waals surface area (Å²) in [4.78, 5) is 33.7. The molecule has 0 spiro atoms. The molecule has 0 saturated heterocycles. The third-order valence-corrected chi connectivity index (χ3v) is 21.7. The van der Waals surface area contributed by atoms with E-state index in [4.69, 9.17) is 18.6 Å². The van der Waals surface area contributed by atoms with Crippen molar-refractivity contribution in [3.8, 4) is 0 Å². The summed E-state index contributed by atoms with van der Waals surface area (Å²) in [5, 5.41) is 0.915. The van der Waals surface area contributed by atoms with E-state index in [0.29, 0.717) is 6.42 Å². The number of ketones is 1. The number of cyclic esters (lactones) is 1. The summed E-state index contributed by atoms with van der Waals surface area (Å²) in [5.41, 5.74) is 2.17. The highest BCUT2D eigenvalue weighted by molar-refractivity contribution is 7.18. The molecule has 1 aromatic carbocycles. The van der Waals surface area contributed by atoms with Gasteiger partial charge < -0.3 is 13.6 Å². The maximum Gasteiger partial charge on any atom is 0.309 e. The van der Waals surface area contributed by atoms with Gasteiger partial charge in [0.05, 0.1) is 33.9 Å². The largest absolute Gasteiger partial charge is 0.457 e. The second kappa shape index (κ2) is 15.5. The Bertz CT molecular complexity index is 1500. The van der Waals surface area contributed by atoms with Crippen LogP contribution in [0.4, 0.5) is 0 Å². The highest BCUT2D eigenvalue weighted by atomic mass is 32.1. The number of esters is 1. The van der Waals surface area contributed by atoms with Crippen LogP contribution in [0.15, 0.2) is 29.8 Å². The van der Waals surface area contributed by atoms with Crippen LogP contribution in [0.1, 0.15) is 125 Å². The number of carbonyl (C=O) groups is 2. The number of allylic oxidation sites excluding steroid dienone is 1. The van der Waals surface area contributed by atoms with E-state index in [1.165, 1.54) is 5.57 Å². The lowest BCUT2D eigenvalue weighted by Gasteiger charge is -2.46. The lowest BCUT2D eigenvalue weighted by molar-refractivity contribution is -0.155. The van der Waals surface area contributed by atoms with Crippen LogP contribution in [0, 0.1) is 24.2 Å². The molecule has 6 nitrogen and oxygen atoms in total. The first-order chi connectivity index (χ1) is 22.3. The molecule has 49 heavy (non-hydrogen) atoms. The second-order valence-electron chi connectivity index (χ2n) is 18.4. The Balaban J connectivity index is 2.12. The van der Waals surface area contributed by atoms with Crippen molar-refractivity contribution in [2.75, 3.05) is 0 Å². The molecule has 0 aliphatic carbocycles. The molecule has 276 valence electrons. The lowest BCUT2D eigenvalue weighted by atomic mass is 9.73. The number of nitrogens with zero attached hydrogens (tertiary/aromatic N) is 1. The van der Waals surface area contributed by atoms with E-state index in [-0.39, 0.29) is 46.2 Å². The molecule has 0 bridgehead atoms. The Morgan fingerprint density at radius 1 is 0.939 bits per heavy atom. The fraction of sp³-hybridized carbons (Fsp3) is 0.725. The zero-order chi connectivity index (χ0) is 37.3. The SMILES string of the molecule is C/C1=C\CC(c2ccc3sc(C)nc3c2)OC(=O)CC(O[Si](C)(C)C(C)(C)C)C(C)(C)C(=O)C(C)C(O[Si](C)(C)C(C)(C)C)C(C)CCC1. The van der Waals surface area contributed by atoms with Gasteiger partial charge in [0.1, 0.15) is 11.9 Å². The van der Waals surface area contributed by atoms with Crippen molar-refractivity contribution < 1.29 is 23.2 Å². The molecule has 5 unspecified atom stereocenters. The molecule has 0 amide bonds. The van der Waals surface area contributed by atoms with E-state index in [0.717, 1.165) is 40.1 Å². The number of benzene rings is 1. The Kier molecular flexibility index (Phi) is 13.2. The molecule has 5 atom stereocenters. The minimum absolute atomic E-state index is 0.00146. The summed E-state index contributed by atoms with van der Waals surface area (Å²) in [5.74, 6) is -0.442. The van der Waals surface area contributed by atoms with E-state index in [1.54, 1.807) is 11.3 Å². The van der Waals surface area contributed by atoms with Crippen LogP contribution in [0.2, 0.25) is 36.3 Å². The fourth-order valence-corrected chi connectivity index (χ4v) is 9.97. The fourth-order valence-electron chi connectivity index (χ4n) is 6.25. The van der Waals surface area contributed by atoms with Crippen LogP contribution in [0.25, 0.3) is 10.2 Å². The van der Waals surface area contributed by atoms with Crippen LogP contribution in [0.3, 0.4) is 0 Å². The molecule has 0 fully saturated rings. The predicted octanol–water partition coefficient (Wildman–Crippen LogP) is 11.7. The second-order valence-corrected chi connectivity index (χ2v) is 29.1. The average molecular weight is 730 g/mol. The molecule has 0 radical (unpaired) electrons. The standard InChI is InChI=1S/C40H67NO5SSi2/c1-26-18-17-19-27(2)36(46-49(15,16)39(8,9)10)28(3)37(43)40(11,12)34(45-48(13,14)38(5,6)7)25-35(42)44-32(22-20-26)30-21-23-33-31(24-30)41-29(4)47-33/h20-21,23-24,27-28,32,34,36H,17-19,22,25H2,1-16H3/b26-20+. The van der Waals surface area contributed by atoms with E-state index in [2.05, 4.69) is 106 Å². The van der Waals surface area contributed by atoms with Gasteiger partial charge in [-0.15, -0.1) is 11.3 Å². The molecule has 0 saturated carbocycles. The summed E-state index contributed by atoms with van der Waals surface area (Å²) in [6, 6.07) is 6.19. The predicted molar refractivity (Wildman–Crippen MR) is 211 cm³/mol. The number of ether oxygens (including phenoxy) is 1. The van der Waals surface area contributed by atoms with Crippen molar-refractivity contribution in [3.63, 3.8) is 0 Å². The number of aryl methyl sites for hydroxylation is 1. The van der Waals surface area contributed by atoms with Crippen molar-refractivity contribution in [1.29, 1.82) is 0 Å². The number of Topliss-reactive ketones (excluding diaryl/α,β-unsaturated/α-hetero) is 1. The molecule has 0 N–H and O–H groups in total. The Morgan fingerprint density at radius 2 is 1.53 bits per heavy atom. The first-order valence-electron chi connectivity index (χ1n) is 18.4. The summed E-state index contributed by atoms with van der Waals surface area (Å²) >= 11 is 1.66. The number of rotatable bonds is 5. The van der Waals surface area contributed by atoms with E-state index in [9.17, 15) is 9.59 Å². The van der Waals surface area contributed by atoms with E-state index < -0.39 is 34.3 Å². The maximum atomic E-state index is 14.9. The minimum atomic E-state index is -2.40. The molecule has 1 aromatic heterocycles. The van der Waals surface area contributed by atoms with Crippen molar-refractivity contribution in [2.45, 2.75) is 170 Å². The molecule has 9 heteroatoms. The molecular weight excluding hydrogens is 663 g/mol. The van der Waals surface area contributed by atoms with Gasteiger partial charge in [0.15, 0.2) is 16.6 Å². The molecule has 3 rings (SSSR count). The van der Waals surface area contributed by atoms with Crippen molar-refractivity contribution in [1.82, 2.24) is 4.98 Å². The van der Waals surface area contributed by atoms with Gasteiger partial charge >= 0.3 is 5.97 Å². The number of aromatic nitrogens is 1.